The van der Waals surface area contributed by atoms with Crippen molar-refractivity contribution in [2.75, 3.05) is 0 Å². The van der Waals surface area contributed by atoms with Gasteiger partial charge >= 0.3 is 0 Å². The molecule has 0 aromatic rings. The number of nitrogens with one attached hydrogen (secondary N) is 1. The molecule has 0 bridgehead atoms. The fraction of sp³-hybridized carbons (Fsp3) is 1.00. The summed E-state index contributed by atoms with van der Waals surface area (Å²) < 4.78 is 0. The molecule has 0 aliphatic carbocycles. The van der Waals surface area contributed by atoms with Gasteiger partial charge < -0.3 is 15.8 Å². The van der Waals surface area contributed by atoms with E-state index in [9.17, 15) is 0 Å². The number of hydrogen-bond acceptors (Lipinski definition) is 3. The van der Waals surface area contributed by atoms with Crippen LogP contribution in [0, 0.1) is 0 Å². The quantitative estimate of drug-likeness (QED) is 0.273. The van der Waals surface area contributed by atoms with Gasteiger partial charge in [0.2, 0.25) is 0 Å². The molecule has 0 amide bonds. The van der Waals surface area contributed by atoms with E-state index < -0.39 is 6.23 Å². The zero-order valence-electron chi connectivity index (χ0n) is 3.47. The molecule has 6 heavy (non-hydrogen) atoms. The Labute approximate surface area is 35.7 Å². The predicted molar refractivity (Wildman–Crippen MR) is 20.2 cm³/mol. The first-order chi connectivity index (χ1) is 2.27. The highest BCUT2D eigenvalue weighted by atomic mass is 16.5. The van der Waals surface area contributed by atoms with Crippen LogP contribution in [0.4, 0.5) is 0 Å². The molecule has 4 nitrogen and oxygen atoms in total. The molecule has 0 rings (SSSR count). The van der Waals surface area contributed by atoms with Crippen LogP contribution in [0.15, 0.2) is 0 Å². The minimum Gasteiger partial charge on any atom is -0.412 e. The molecule has 1 atom stereocenters. The molecular formula is C2H9NO3. The van der Waals surface area contributed by atoms with Crippen molar-refractivity contribution >= 4 is 0 Å². The average Bonchev–Trinajstić information content (AvgIpc) is 1.38. The van der Waals surface area contributed by atoms with Gasteiger partial charge in [0.1, 0.15) is 6.23 Å². The number of hydroxylamine groups is 1. The summed E-state index contributed by atoms with van der Waals surface area (Å²) in [5, 5.41) is 15.6. The third-order valence-electron chi connectivity index (χ3n) is 0.187. The second-order valence-corrected chi connectivity index (χ2v) is 0.805. The van der Waals surface area contributed by atoms with Crippen molar-refractivity contribution in [1.29, 1.82) is 0 Å². The standard InChI is InChI=1S/C2H7NO2.H2O/c1-2(4)3-5;/h2-5H,1H3;1H2. The maximum Gasteiger partial charge on any atom is 0.124 e. The van der Waals surface area contributed by atoms with Crippen molar-refractivity contribution in [1.82, 2.24) is 5.48 Å². The molecule has 0 aromatic heterocycles. The van der Waals surface area contributed by atoms with Crippen molar-refractivity contribution in [3.8, 4) is 0 Å². The van der Waals surface area contributed by atoms with E-state index in [4.69, 9.17) is 10.3 Å². The Bertz CT molecular complexity index is 22.8. The minimum absolute atomic E-state index is 0. The number of aliphatic hydroxyl groups excluding tert-OH is 1. The van der Waals surface area contributed by atoms with Crippen LogP contribution in [0.25, 0.3) is 0 Å². The van der Waals surface area contributed by atoms with Crippen LogP contribution in [0.3, 0.4) is 0 Å². The molecule has 0 aliphatic heterocycles. The molecule has 5 N–H and O–H groups in total. The second-order valence-electron chi connectivity index (χ2n) is 0.805. The van der Waals surface area contributed by atoms with Crippen molar-refractivity contribution < 1.29 is 15.8 Å². The Kier molecular flexibility index (Phi) is 7.48. The highest BCUT2D eigenvalue weighted by molar-refractivity contribution is 4.20. The molecule has 0 saturated carbocycles. The van der Waals surface area contributed by atoms with Crippen molar-refractivity contribution in [2.24, 2.45) is 0 Å². The van der Waals surface area contributed by atoms with Gasteiger partial charge in [0.05, 0.1) is 0 Å². The van der Waals surface area contributed by atoms with Gasteiger partial charge in [0.25, 0.3) is 0 Å². The predicted octanol–water partition coefficient (Wildman–Crippen LogP) is -1.52. The first-order valence-electron chi connectivity index (χ1n) is 1.35. The van der Waals surface area contributed by atoms with Gasteiger partial charge in [0, 0.05) is 0 Å². The fourth-order valence-electron chi connectivity index (χ4n) is 0. The third kappa shape index (κ3) is 9.15. The normalized spacial score (nSPS) is 12.5. The molecule has 0 heterocycles. The molecule has 0 spiro atoms. The molecule has 0 saturated heterocycles. The van der Waals surface area contributed by atoms with E-state index in [1.807, 2.05) is 0 Å². The van der Waals surface area contributed by atoms with Gasteiger partial charge in [-0.15, -0.1) is 0 Å². The summed E-state index contributed by atoms with van der Waals surface area (Å²) in [7, 11) is 0. The first-order valence-corrected chi connectivity index (χ1v) is 1.35. The number of rotatable bonds is 1. The van der Waals surface area contributed by atoms with Crippen molar-refractivity contribution in [2.45, 2.75) is 13.2 Å². The van der Waals surface area contributed by atoms with E-state index >= 15 is 0 Å². The lowest BCUT2D eigenvalue weighted by atomic mass is 10.7. The van der Waals surface area contributed by atoms with Crippen molar-refractivity contribution in [3.63, 3.8) is 0 Å². The lowest BCUT2D eigenvalue weighted by Gasteiger charge is -1.93. The van der Waals surface area contributed by atoms with Gasteiger partial charge in [-0.05, 0) is 6.92 Å². The van der Waals surface area contributed by atoms with E-state index in [1.165, 1.54) is 6.92 Å². The number of aliphatic hydroxyl groups is 1. The summed E-state index contributed by atoms with van der Waals surface area (Å²) >= 11 is 0. The summed E-state index contributed by atoms with van der Waals surface area (Å²) in [6, 6.07) is 0. The molecule has 0 aliphatic rings. The molecule has 0 radical (unpaired) electrons. The largest absolute Gasteiger partial charge is 0.412 e. The summed E-state index contributed by atoms with van der Waals surface area (Å²) in [6.45, 7) is 1.42. The van der Waals surface area contributed by atoms with E-state index in [2.05, 4.69) is 0 Å². The monoisotopic (exact) mass is 95.1 g/mol. The zero-order valence-corrected chi connectivity index (χ0v) is 3.47. The molecule has 40 valence electrons. The summed E-state index contributed by atoms with van der Waals surface area (Å²) in [6.07, 6.45) is -0.810. The van der Waals surface area contributed by atoms with Crippen LogP contribution in [0.2, 0.25) is 0 Å². The topological polar surface area (TPSA) is 84.0 Å². The second kappa shape index (κ2) is 4.84. The Morgan fingerprint density at radius 1 is 1.67 bits per heavy atom. The zero-order chi connectivity index (χ0) is 4.28. The van der Waals surface area contributed by atoms with E-state index in [1.54, 1.807) is 5.48 Å². The molecule has 1 unspecified atom stereocenters. The Morgan fingerprint density at radius 2 is 1.83 bits per heavy atom. The third-order valence-corrected chi connectivity index (χ3v) is 0.187. The molecule has 0 aromatic carbocycles. The molecule has 4 heteroatoms. The Hall–Kier alpha value is -0.160. The Morgan fingerprint density at radius 3 is 1.83 bits per heavy atom. The Balaban J connectivity index is 0. The van der Waals surface area contributed by atoms with E-state index in [-0.39, 0.29) is 5.48 Å². The summed E-state index contributed by atoms with van der Waals surface area (Å²) in [5.41, 5.74) is 1.58. The van der Waals surface area contributed by atoms with Crippen molar-refractivity contribution in [3.05, 3.63) is 0 Å². The highest BCUT2D eigenvalue weighted by Gasteiger charge is 1.80. The van der Waals surface area contributed by atoms with Gasteiger partial charge in [-0.2, -0.15) is 5.48 Å². The smallest absolute Gasteiger partial charge is 0.124 e. The molecule has 0 fully saturated rings. The molecular weight excluding hydrogens is 86.0 g/mol. The van der Waals surface area contributed by atoms with Gasteiger partial charge in [0.15, 0.2) is 0 Å². The number of hydrogen-bond donors (Lipinski definition) is 3. The fourth-order valence-corrected chi connectivity index (χ4v) is 0. The average molecular weight is 95.1 g/mol. The van der Waals surface area contributed by atoms with E-state index in [0.29, 0.717) is 0 Å². The first kappa shape index (κ1) is 9.28. The maximum absolute atomic E-state index is 8.00. The summed E-state index contributed by atoms with van der Waals surface area (Å²) in [5.74, 6) is 0. The van der Waals surface area contributed by atoms with E-state index in [0.717, 1.165) is 0 Å². The van der Waals surface area contributed by atoms with Crippen LogP contribution in [-0.2, 0) is 0 Å². The van der Waals surface area contributed by atoms with Gasteiger partial charge in [-0.3, -0.25) is 0 Å². The van der Waals surface area contributed by atoms with Crippen LogP contribution in [0.5, 0.6) is 0 Å². The van der Waals surface area contributed by atoms with Crippen LogP contribution in [-0.4, -0.2) is 22.0 Å². The highest BCUT2D eigenvalue weighted by Crippen LogP contribution is 1.59. The SMILES string of the molecule is CC(O)NO.O. The van der Waals surface area contributed by atoms with Crippen LogP contribution < -0.4 is 5.48 Å². The summed E-state index contributed by atoms with van der Waals surface area (Å²) in [4.78, 5) is 0. The van der Waals surface area contributed by atoms with Crippen LogP contribution >= 0.6 is 0 Å². The van der Waals surface area contributed by atoms with Gasteiger partial charge in [-0.1, -0.05) is 0 Å². The van der Waals surface area contributed by atoms with Crippen LogP contribution in [0.1, 0.15) is 6.92 Å². The lowest BCUT2D eigenvalue weighted by Crippen LogP contribution is -2.20. The minimum atomic E-state index is -0.810. The lowest BCUT2D eigenvalue weighted by molar-refractivity contribution is 0.0142. The maximum atomic E-state index is 8.00. The van der Waals surface area contributed by atoms with Gasteiger partial charge in [-0.25, -0.2) is 0 Å².